The molecular weight excluding hydrogens is 353 g/mol. The highest BCUT2D eigenvalue weighted by Gasteiger charge is 2.29. The van der Waals surface area contributed by atoms with Crippen molar-refractivity contribution in [3.05, 3.63) is 64.0 Å². The van der Waals surface area contributed by atoms with Crippen LogP contribution < -0.4 is 0 Å². The van der Waals surface area contributed by atoms with Gasteiger partial charge < -0.3 is 5.11 Å². The second-order valence-electron chi connectivity index (χ2n) is 5.38. The Morgan fingerprint density at radius 1 is 1.16 bits per heavy atom. The van der Waals surface area contributed by atoms with Crippen LogP contribution in [0.25, 0.3) is 11.3 Å². The molecule has 0 aliphatic carbocycles. The second kappa shape index (κ2) is 6.72. The maximum atomic E-state index is 12.5. The van der Waals surface area contributed by atoms with Crippen molar-refractivity contribution < 1.29 is 23.1 Å². The summed E-state index contributed by atoms with van der Waals surface area (Å²) in [7, 11) is 0. The largest absolute Gasteiger partial charge is 0.477 e. The Bertz CT molecular complexity index is 882. The Labute approximate surface area is 145 Å². The molecule has 0 saturated carbocycles. The van der Waals surface area contributed by atoms with Gasteiger partial charge in [0.15, 0.2) is 0 Å². The van der Waals surface area contributed by atoms with Crippen LogP contribution in [0.1, 0.15) is 20.8 Å². The van der Waals surface area contributed by atoms with E-state index in [2.05, 4.69) is 5.10 Å². The summed E-state index contributed by atoms with van der Waals surface area (Å²) in [6, 6.07) is 8.46. The van der Waals surface area contributed by atoms with Gasteiger partial charge in [-0.05, 0) is 41.6 Å². The van der Waals surface area contributed by atoms with E-state index in [0.717, 1.165) is 29.0 Å². The lowest BCUT2D eigenvalue weighted by molar-refractivity contribution is -0.137. The molecule has 0 amide bonds. The van der Waals surface area contributed by atoms with E-state index in [1.165, 1.54) is 12.1 Å². The molecule has 8 heteroatoms. The van der Waals surface area contributed by atoms with Crippen LogP contribution in [-0.2, 0) is 19.1 Å². The van der Waals surface area contributed by atoms with Crippen LogP contribution in [0.5, 0.6) is 0 Å². The normalized spacial score (nSPS) is 11.6. The first kappa shape index (κ1) is 17.2. The van der Waals surface area contributed by atoms with Gasteiger partial charge in [0.1, 0.15) is 4.88 Å². The maximum Gasteiger partial charge on any atom is 0.416 e. The van der Waals surface area contributed by atoms with E-state index in [1.54, 1.807) is 28.4 Å². The number of nitrogens with zero attached hydrogens (tertiary/aromatic N) is 2. The predicted octanol–water partition coefficient (Wildman–Crippen LogP) is 4.57. The van der Waals surface area contributed by atoms with E-state index in [-0.39, 0.29) is 4.88 Å². The molecule has 2 aromatic heterocycles. The number of hydrogen-bond donors (Lipinski definition) is 1. The number of aromatic nitrogens is 2. The van der Waals surface area contributed by atoms with Crippen LogP contribution in [-0.4, -0.2) is 20.9 Å². The summed E-state index contributed by atoms with van der Waals surface area (Å²) in [6.07, 6.45) is -2.09. The van der Waals surface area contributed by atoms with Gasteiger partial charge in [-0.3, -0.25) is 4.68 Å². The number of carboxylic acid groups (broad SMARTS) is 1. The third-order valence-corrected chi connectivity index (χ3v) is 4.59. The minimum absolute atomic E-state index is 0.230. The number of thiophene rings is 1. The smallest absolute Gasteiger partial charge is 0.416 e. The fraction of sp³-hybridized carbons (Fsp3) is 0.176. The minimum atomic E-state index is -4.34. The number of benzene rings is 1. The SMILES string of the molecule is O=C(O)c1sccc1-c1ccn(CCc2ccc(C(F)(F)F)cc2)n1. The standard InChI is InChI=1S/C17H13F3N2O2S/c18-17(19,20)12-3-1-11(2-4-12)5-8-22-9-6-14(21-22)13-7-10-25-15(13)16(23)24/h1-4,6-7,9-10H,5,8H2,(H,23,24). The molecule has 1 aromatic carbocycles. The van der Waals surface area contributed by atoms with Crippen LogP contribution in [0.4, 0.5) is 13.2 Å². The molecular formula is C17H13F3N2O2S. The third-order valence-electron chi connectivity index (χ3n) is 3.69. The molecule has 0 unspecified atom stereocenters. The van der Waals surface area contributed by atoms with Gasteiger partial charge in [-0.1, -0.05) is 12.1 Å². The summed E-state index contributed by atoms with van der Waals surface area (Å²) in [5.41, 5.74) is 1.22. The summed E-state index contributed by atoms with van der Waals surface area (Å²) in [5, 5.41) is 15.2. The van der Waals surface area contributed by atoms with Crippen LogP contribution in [0.15, 0.2) is 48.0 Å². The lowest BCUT2D eigenvalue weighted by Gasteiger charge is -2.07. The molecule has 1 N–H and O–H groups in total. The summed E-state index contributed by atoms with van der Waals surface area (Å²) in [4.78, 5) is 11.4. The van der Waals surface area contributed by atoms with Crippen molar-refractivity contribution in [3.8, 4) is 11.3 Å². The third kappa shape index (κ3) is 3.90. The summed E-state index contributed by atoms with van der Waals surface area (Å²) in [5.74, 6) is -0.996. The Morgan fingerprint density at radius 2 is 1.88 bits per heavy atom. The van der Waals surface area contributed by atoms with Crippen LogP contribution in [0.3, 0.4) is 0 Å². The van der Waals surface area contributed by atoms with Crippen molar-refractivity contribution in [2.45, 2.75) is 19.1 Å². The first-order valence-corrected chi connectivity index (χ1v) is 8.23. The zero-order valence-corrected chi connectivity index (χ0v) is 13.6. The van der Waals surface area contributed by atoms with Gasteiger partial charge in [-0.25, -0.2) is 4.79 Å². The average molecular weight is 366 g/mol. The van der Waals surface area contributed by atoms with Crippen molar-refractivity contribution in [1.82, 2.24) is 9.78 Å². The highest BCUT2D eigenvalue weighted by molar-refractivity contribution is 7.12. The maximum absolute atomic E-state index is 12.5. The number of aromatic carboxylic acids is 1. The number of rotatable bonds is 5. The highest BCUT2D eigenvalue weighted by atomic mass is 32.1. The Morgan fingerprint density at radius 3 is 2.52 bits per heavy atom. The molecule has 2 heterocycles. The zero-order valence-electron chi connectivity index (χ0n) is 12.8. The number of aryl methyl sites for hydroxylation is 2. The Kier molecular flexibility index (Phi) is 4.63. The van der Waals surface area contributed by atoms with E-state index in [0.29, 0.717) is 24.2 Å². The van der Waals surface area contributed by atoms with E-state index >= 15 is 0 Å². The Balaban J connectivity index is 1.68. The summed E-state index contributed by atoms with van der Waals surface area (Å²) >= 11 is 1.13. The Hall–Kier alpha value is -2.61. The first-order chi connectivity index (χ1) is 11.8. The fourth-order valence-corrected chi connectivity index (χ4v) is 3.15. The molecule has 0 bridgehead atoms. The van der Waals surface area contributed by atoms with Gasteiger partial charge in [0.2, 0.25) is 0 Å². The molecule has 0 fully saturated rings. The van der Waals surface area contributed by atoms with Crippen molar-refractivity contribution in [2.75, 3.05) is 0 Å². The summed E-state index contributed by atoms with van der Waals surface area (Å²) in [6.45, 7) is 0.484. The molecule has 0 saturated heterocycles. The van der Waals surface area contributed by atoms with Crippen molar-refractivity contribution in [2.24, 2.45) is 0 Å². The van der Waals surface area contributed by atoms with E-state index < -0.39 is 17.7 Å². The molecule has 0 aliphatic rings. The lowest BCUT2D eigenvalue weighted by Crippen LogP contribution is -2.06. The van der Waals surface area contributed by atoms with Crippen LogP contribution in [0.2, 0.25) is 0 Å². The number of hydrogen-bond acceptors (Lipinski definition) is 3. The van der Waals surface area contributed by atoms with Crippen LogP contribution in [0, 0.1) is 0 Å². The van der Waals surface area contributed by atoms with Crippen LogP contribution >= 0.6 is 11.3 Å². The molecule has 3 rings (SSSR count). The van der Waals surface area contributed by atoms with Crippen molar-refractivity contribution in [3.63, 3.8) is 0 Å². The number of carbonyl (C=O) groups is 1. The van der Waals surface area contributed by atoms with Gasteiger partial charge in [-0.15, -0.1) is 11.3 Å². The molecule has 130 valence electrons. The zero-order chi connectivity index (χ0) is 18.0. The molecule has 0 aliphatic heterocycles. The first-order valence-electron chi connectivity index (χ1n) is 7.35. The predicted molar refractivity (Wildman–Crippen MR) is 87.6 cm³/mol. The van der Waals surface area contributed by atoms with Gasteiger partial charge in [-0.2, -0.15) is 18.3 Å². The lowest BCUT2D eigenvalue weighted by atomic mass is 10.1. The molecule has 0 spiro atoms. The molecule has 25 heavy (non-hydrogen) atoms. The van der Waals surface area contributed by atoms with E-state index in [4.69, 9.17) is 5.11 Å². The summed E-state index contributed by atoms with van der Waals surface area (Å²) < 4.78 is 39.3. The van der Waals surface area contributed by atoms with Gasteiger partial charge >= 0.3 is 12.1 Å². The van der Waals surface area contributed by atoms with Gasteiger partial charge in [0.25, 0.3) is 0 Å². The molecule has 3 aromatic rings. The topological polar surface area (TPSA) is 55.1 Å². The number of halogens is 3. The van der Waals surface area contributed by atoms with Crippen molar-refractivity contribution in [1.29, 1.82) is 0 Å². The monoisotopic (exact) mass is 366 g/mol. The van der Waals surface area contributed by atoms with E-state index in [1.807, 2.05) is 0 Å². The van der Waals surface area contributed by atoms with Gasteiger partial charge in [0, 0.05) is 18.3 Å². The molecule has 0 radical (unpaired) electrons. The number of alkyl halides is 3. The average Bonchev–Trinajstić information content (AvgIpc) is 3.21. The van der Waals surface area contributed by atoms with Gasteiger partial charge in [0.05, 0.1) is 11.3 Å². The molecule has 0 atom stereocenters. The second-order valence-corrected chi connectivity index (χ2v) is 6.29. The minimum Gasteiger partial charge on any atom is -0.477 e. The quantitative estimate of drug-likeness (QED) is 0.720. The number of carboxylic acids is 1. The van der Waals surface area contributed by atoms with E-state index in [9.17, 15) is 18.0 Å². The highest BCUT2D eigenvalue weighted by Crippen LogP contribution is 2.29. The van der Waals surface area contributed by atoms with Crippen molar-refractivity contribution >= 4 is 17.3 Å². The fourth-order valence-electron chi connectivity index (χ4n) is 2.41. The molecule has 4 nitrogen and oxygen atoms in total.